The molecule has 4 nitrogen and oxygen atoms in total. The van der Waals surface area contributed by atoms with Crippen molar-refractivity contribution < 1.29 is 13.9 Å². The third-order valence-electron chi connectivity index (χ3n) is 4.55. The van der Waals surface area contributed by atoms with Gasteiger partial charge in [0.15, 0.2) is 5.78 Å². The number of nitrogens with zero attached hydrogens (tertiary/aromatic N) is 1. The molecule has 0 atom stereocenters. The molecule has 1 aromatic heterocycles. The Labute approximate surface area is 186 Å². The fraction of sp³-hybridized carbons (Fsp3) is 0.250. The molecule has 0 saturated heterocycles. The molecule has 30 heavy (non-hydrogen) atoms. The number of carbonyl (C=O) groups is 1. The van der Waals surface area contributed by atoms with Gasteiger partial charge >= 0.3 is 0 Å². The van der Waals surface area contributed by atoms with Crippen molar-refractivity contribution in [2.24, 2.45) is 0 Å². The van der Waals surface area contributed by atoms with Crippen LogP contribution in [0.1, 0.15) is 48.0 Å². The van der Waals surface area contributed by atoms with E-state index in [9.17, 15) is 4.79 Å². The Morgan fingerprint density at radius 1 is 1.20 bits per heavy atom. The third-order valence-corrected chi connectivity index (χ3v) is 5.09. The molecular formula is C24H23Cl2NO3. The van der Waals surface area contributed by atoms with Crippen molar-refractivity contribution in [3.63, 3.8) is 0 Å². The number of hydrogen-bond donors (Lipinski definition) is 0. The van der Waals surface area contributed by atoms with E-state index in [0.29, 0.717) is 52.3 Å². The summed E-state index contributed by atoms with van der Waals surface area (Å²) >= 11 is 12.3. The van der Waals surface area contributed by atoms with E-state index in [2.05, 4.69) is 11.6 Å². The number of Topliss-reactive ketones (excluding diaryl/α,β-unsaturated/α-hetero) is 1. The van der Waals surface area contributed by atoms with Crippen LogP contribution in [0, 0.1) is 0 Å². The van der Waals surface area contributed by atoms with Crippen molar-refractivity contribution in [1.82, 2.24) is 4.98 Å². The zero-order valence-electron chi connectivity index (χ0n) is 17.0. The summed E-state index contributed by atoms with van der Waals surface area (Å²) in [7, 11) is 0. The molecule has 6 heteroatoms. The fourth-order valence-corrected chi connectivity index (χ4v) is 3.53. The molecule has 2 aromatic carbocycles. The number of ketones is 1. The smallest absolute Gasteiger partial charge is 0.228 e. The highest BCUT2D eigenvalue weighted by Gasteiger charge is 2.20. The highest BCUT2D eigenvalue weighted by Crippen LogP contribution is 2.33. The maximum absolute atomic E-state index is 12.6. The van der Waals surface area contributed by atoms with Gasteiger partial charge in [0.25, 0.3) is 0 Å². The quantitative estimate of drug-likeness (QED) is 0.260. The molecule has 0 radical (unpaired) electrons. The normalized spacial score (nSPS) is 11.0. The van der Waals surface area contributed by atoms with Crippen molar-refractivity contribution >= 4 is 29.0 Å². The van der Waals surface area contributed by atoms with Gasteiger partial charge in [0.1, 0.15) is 18.1 Å². The van der Waals surface area contributed by atoms with Gasteiger partial charge in [-0.05, 0) is 42.5 Å². The second-order valence-corrected chi connectivity index (χ2v) is 8.00. The lowest BCUT2D eigenvalue weighted by Gasteiger charge is -2.05. The second-order valence-electron chi connectivity index (χ2n) is 7.16. The Bertz CT molecular complexity index is 1040. The minimum Gasteiger partial charge on any atom is -0.490 e. The standard InChI is InChI=1S/C24H23Cl2NO3/c1-4-13-29-18-8-5-16(6-9-18)22(28)12-11-21-23(15(2)3)30-24(27-21)19-10-7-17(25)14-20(19)26/h4-10,14-15H,1,11-13H2,2-3H3. The first-order valence-corrected chi connectivity index (χ1v) is 10.5. The van der Waals surface area contributed by atoms with E-state index in [4.69, 9.17) is 32.4 Å². The van der Waals surface area contributed by atoms with Crippen LogP contribution in [-0.4, -0.2) is 17.4 Å². The summed E-state index contributed by atoms with van der Waals surface area (Å²) in [5.74, 6) is 2.07. The van der Waals surface area contributed by atoms with Gasteiger partial charge in [0.05, 0.1) is 16.3 Å². The number of benzene rings is 2. The molecular weight excluding hydrogens is 421 g/mol. The van der Waals surface area contributed by atoms with Gasteiger partial charge in [-0.2, -0.15) is 0 Å². The van der Waals surface area contributed by atoms with Gasteiger partial charge in [-0.15, -0.1) is 0 Å². The van der Waals surface area contributed by atoms with Crippen LogP contribution in [0.15, 0.2) is 59.5 Å². The fourth-order valence-electron chi connectivity index (χ4n) is 3.04. The molecule has 0 N–H and O–H groups in total. The molecule has 0 aliphatic carbocycles. The van der Waals surface area contributed by atoms with Crippen LogP contribution in [0.3, 0.4) is 0 Å². The van der Waals surface area contributed by atoms with Crippen molar-refractivity contribution in [2.45, 2.75) is 32.6 Å². The molecule has 0 fully saturated rings. The number of carbonyl (C=O) groups excluding carboxylic acids is 1. The van der Waals surface area contributed by atoms with Crippen LogP contribution in [0.4, 0.5) is 0 Å². The van der Waals surface area contributed by atoms with E-state index < -0.39 is 0 Å². The number of aryl methyl sites for hydroxylation is 1. The van der Waals surface area contributed by atoms with Crippen molar-refractivity contribution in [2.75, 3.05) is 6.61 Å². The lowest BCUT2D eigenvalue weighted by Crippen LogP contribution is -2.03. The lowest BCUT2D eigenvalue weighted by atomic mass is 10.0. The highest BCUT2D eigenvalue weighted by atomic mass is 35.5. The number of aromatic nitrogens is 1. The maximum atomic E-state index is 12.6. The molecule has 0 aliphatic rings. The lowest BCUT2D eigenvalue weighted by molar-refractivity contribution is 0.0982. The molecule has 0 amide bonds. The van der Waals surface area contributed by atoms with E-state index in [-0.39, 0.29) is 11.7 Å². The van der Waals surface area contributed by atoms with Crippen molar-refractivity contribution in [3.05, 3.63) is 82.2 Å². The molecule has 3 rings (SSSR count). The number of ether oxygens (including phenoxy) is 1. The summed E-state index contributed by atoms with van der Waals surface area (Å²) in [5, 5.41) is 1.02. The Morgan fingerprint density at radius 3 is 2.57 bits per heavy atom. The maximum Gasteiger partial charge on any atom is 0.228 e. The van der Waals surface area contributed by atoms with Crippen molar-refractivity contribution in [1.29, 1.82) is 0 Å². The summed E-state index contributed by atoms with van der Waals surface area (Å²) in [6.45, 7) is 8.10. The van der Waals surface area contributed by atoms with E-state index in [1.165, 1.54) is 0 Å². The largest absolute Gasteiger partial charge is 0.490 e. The summed E-state index contributed by atoms with van der Waals surface area (Å²) in [6, 6.07) is 12.3. The van der Waals surface area contributed by atoms with Gasteiger partial charge in [0, 0.05) is 29.3 Å². The number of rotatable bonds is 9. The van der Waals surface area contributed by atoms with Crippen LogP contribution in [0.25, 0.3) is 11.5 Å². The molecule has 0 aliphatic heterocycles. The Morgan fingerprint density at radius 2 is 1.93 bits per heavy atom. The monoisotopic (exact) mass is 443 g/mol. The Balaban J connectivity index is 1.75. The SMILES string of the molecule is C=CCOc1ccc(C(=O)CCc2nc(-c3ccc(Cl)cc3Cl)oc2C(C)C)cc1. The van der Waals surface area contributed by atoms with E-state index in [1.54, 1.807) is 48.5 Å². The molecule has 0 unspecified atom stereocenters. The van der Waals surface area contributed by atoms with E-state index in [0.717, 1.165) is 11.5 Å². The van der Waals surface area contributed by atoms with Crippen LogP contribution in [-0.2, 0) is 6.42 Å². The average molecular weight is 444 g/mol. The zero-order valence-corrected chi connectivity index (χ0v) is 18.5. The molecule has 0 bridgehead atoms. The predicted molar refractivity (Wildman–Crippen MR) is 121 cm³/mol. The highest BCUT2D eigenvalue weighted by molar-refractivity contribution is 6.36. The average Bonchev–Trinajstić information content (AvgIpc) is 3.15. The topological polar surface area (TPSA) is 52.3 Å². The molecule has 0 saturated carbocycles. The summed E-state index contributed by atoms with van der Waals surface area (Å²) in [5.41, 5.74) is 2.08. The van der Waals surface area contributed by atoms with Crippen LogP contribution in [0.5, 0.6) is 5.75 Å². The Kier molecular flexibility index (Phi) is 7.35. The first-order valence-electron chi connectivity index (χ1n) is 9.71. The van der Waals surface area contributed by atoms with Crippen LogP contribution >= 0.6 is 23.2 Å². The van der Waals surface area contributed by atoms with Gasteiger partial charge in [-0.3, -0.25) is 4.79 Å². The van der Waals surface area contributed by atoms with Crippen LogP contribution < -0.4 is 4.74 Å². The third kappa shape index (κ3) is 5.32. The first-order chi connectivity index (χ1) is 14.4. The van der Waals surface area contributed by atoms with Gasteiger partial charge in [-0.25, -0.2) is 4.98 Å². The predicted octanol–water partition coefficient (Wildman–Crippen LogP) is 7.15. The Hall–Kier alpha value is -2.56. The molecule has 1 heterocycles. The summed E-state index contributed by atoms with van der Waals surface area (Å²) < 4.78 is 11.5. The van der Waals surface area contributed by atoms with Crippen LogP contribution in [0.2, 0.25) is 10.0 Å². The van der Waals surface area contributed by atoms with Gasteiger partial charge < -0.3 is 9.15 Å². The second kappa shape index (κ2) is 9.96. The minimum absolute atomic E-state index is 0.0362. The number of halogens is 2. The number of hydrogen-bond acceptors (Lipinski definition) is 4. The first kappa shape index (κ1) is 22.1. The van der Waals surface area contributed by atoms with Gasteiger partial charge in [0.2, 0.25) is 5.89 Å². The zero-order chi connectivity index (χ0) is 21.7. The van der Waals surface area contributed by atoms with E-state index in [1.807, 2.05) is 13.8 Å². The molecule has 156 valence electrons. The number of oxazole rings is 1. The van der Waals surface area contributed by atoms with Gasteiger partial charge in [-0.1, -0.05) is 49.7 Å². The molecule has 0 spiro atoms. The summed E-state index contributed by atoms with van der Waals surface area (Å²) in [6.07, 6.45) is 2.48. The molecule has 3 aromatic rings. The van der Waals surface area contributed by atoms with Crippen molar-refractivity contribution in [3.8, 4) is 17.2 Å². The minimum atomic E-state index is 0.0362. The van der Waals surface area contributed by atoms with E-state index >= 15 is 0 Å². The summed E-state index contributed by atoms with van der Waals surface area (Å²) in [4.78, 5) is 17.3.